The third kappa shape index (κ3) is 6.98. The van der Waals surface area contributed by atoms with Crippen molar-refractivity contribution in [1.82, 2.24) is 19.8 Å². The second kappa shape index (κ2) is 14.0. The van der Waals surface area contributed by atoms with Gasteiger partial charge >= 0.3 is 12.1 Å². The van der Waals surface area contributed by atoms with Crippen molar-refractivity contribution in [3.63, 3.8) is 0 Å². The summed E-state index contributed by atoms with van der Waals surface area (Å²) in [6, 6.07) is 16.3. The van der Waals surface area contributed by atoms with Crippen LogP contribution in [0.5, 0.6) is 5.88 Å². The number of carbonyl (C=O) groups excluding carboxylic acids is 1. The van der Waals surface area contributed by atoms with Gasteiger partial charge in [0.2, 0.25) is 5.88 Å². The van der Waals surface area contributed by atoms with Gasteiger partial charge in [-0.3, -0.25) is 4.90 Å². The lowest BCUT2D eigenvalue weighted by atomic mass is 9.59. The van der Waals surface area contributed by atoms with E-state index in [0.29, 0.717) is 59.9 Å². The Morgan fingerprint density at radius 2 is 1.78 bits per heavy atom. The minimum atomic E-state index is -1.02. The zero-order valence-corrected chi connectivity index (χ0v) is 32.8. The number of piperazine rings is 1. The number of aromatic carboxylic acids is 1. The summed E-state index contributed by atoms with van der Waals surface area (Å²) in [6.45, 7) is 16.3. The largest absolute Gasteiger partial charge is 0.478 e. The van der Waals surface area contributed by atoms with Crippen molar-refractivity contribution < 1.29 is 28.6 Å². The Balaban J connectivity index is 0.995. The molecule has 8 rings (SSSR count). The quantitative estimate of drug-likeness (QED) is 0.200. The average molecular weight is 753 g/mol. The highest BCUT2D eigenvalue weighted by molar-refractivity contribution is 5.98. The van der Waals surface area contributed by atoms with Crippen molar-refractivity contribution in [2.24, 2.45) is 5.41 Å². The number of H-pyrrole nitrogens is 1. The molecule has 2 aromatic heterocycles. The predicted molar refractivity (Wildman–Crippen MR) is 211 cm³/mol. The van der Waals surface area contributed by atoms with Crippen LogP contribution in [0.1, 0.15) is 101 Å². The number of amides is 1. The first kappa shape index (κ1) is 37.1. The third-order valence-electron chi connectivity index (χ3n) is 12.2. The molecular weight excluding hydrogens is 700 g/mol. The van der Waals surface area contributed by atoms with Crippen molar-refractivity contribution in [2.45, 2.75) is 96.9 Å². The highest BCUT2D eigenvalue weighted by Gasteiger charge is 2.50. The van der Waals surface area contributed by atoms with Gasteiger partial charge in [-0.25, -0.2) is 14.0 Å². The van der Waals surface area contributed by atoms with Crippen LogP contribution in [0, 0.1) is 11.2 Å². The fourth-order valence-electron chi connectivity index (χ4n) is 9.41. The van der Waals surface area contributed by atoms with E-state index in [1.165, 1.54) is 17.3 Å². The Morgan fingerprint density at radius 3 is 2.49 bits per heavy atom. The number of rotatable bonds is 6. The number of pyridine rings is 1. The number of carboxylic acid groups (broad SMARTS) is 1. The molecule has 3 aliphatic heterocycles. The summed E-state index contributed by atoms with van der Waals surface area (Å²) in [6.07, 6.45) is 5.37. The second-order valence-corrected chi connectivity index (χ2v) is 17.4. The lowest BCUT2D eigenvalue weighted by Crippen LogP contribution is -2.60. The molecule has 11 nitrogen and oxygen atoms in total. The number of fused-ring (bicyclic) bond motifs is 2. The monoisotopic (exact) mass is 752 g/mol. The number of anilines is 3. The van der Waals surface area contributed by atoms with E-state index >= 15 is 0 Å². The van der Waals surface area contributed by atoms with Crippen molar-refractivity contribution in [3.05, 3.63) is 77.2 Å². The summed E-state index contributed by atoms with van der Waals surface area (Å²) in [4.78, 5) is 42.1. The van der Waals surface area contributed by atoms with E-state index in [0.717, 1.165) is 51.0 Å². The first-order chi connectivity index (χ1) is 26.2. The van der Waals surface area contributed by atoms with E-state index in [9.17, 15) is 19.1 Å². The van der Waals surface area contributed by atoms with E-state index < -0.39 is 17.4 Å². The summed E-state index contributed by atoms with van der Waals surface area (Å²) in [5.41, 5.74) is 4.96. The van der Waals surface area contributed by atoms with Gasteiger partial charge in [-0.2, -0.15) is 4.98 Å². The Bertz CT molecular complexity index is 2090. The van der Waals surface area contributed by atoms with E-state index in [2.05, 4.69) is 57.9 Å². The number of hydrogen-bond acceptors (Lipinski definition) is 8. The highest BCUT2D eigenvalue weighted by Crippen LogP contribution is 2.53. The predicted octanol–water partition coefficient (Wildman–Crippen LogP) is 8.49. The van der Waals surface area contributed by atoms with Gasteiger partial charge in [0.15, 0.2) is 0 Å². The molecular formula is C43H53FN6O5. The number of benzene rings is 2. The number of nitrogens with one attached hydrogen (secondary N) is 1. The summed E-state index contributed by atoms with van der Waals surface area (Å²) < 4.78 is 26.4. The van der Waals surface area contributed by atoms with Crippen LogP contribution in [-0.4, -0.2) is 94.0 Å². The minimum Gasteiger partial charge on any atom is -0.478 e. The Hall–Kier alpha value is -4.84. The number of hydrogen-bond donors (Lipinski definition) is 2. The minimum absolute atomic E-state index is 0.0984. The van der Waals surface area contributed by atoms with Crippen LogP contribution in [0.4, 0.5) is 26.2 Å². The standard InChI is InChI=1S/C43H53FN6O5/c1-26(2)30-9-7-8-10-31(30)37-24-48(41(53)55-42(4,5)6)17-18-49(37)29-21-43(22-29)13-15-47(16-14-43)28-11-12-32(40(51)52)35(19-28)50-27(3)25-54-39-36(50)20-33-34(44)23-45-38(33)46-39/h7-12,19-20,23,26-27,29,37H,13-18,21-22,24-25H2,1-6H3,(H,45,46)(H,51,52)/t27-,37+/m1/s1. The van der Waals surface area contributed by atoms with Crippen LogP contribution in [0.15, 0.2) is 54.7 Å². The molecule has 2 aromatic carbocycles. The van der Waals surface area contributed by atoms with Gasteiger partial charge in [0, 0.05) is 50.6 Å². The van der Waals surface area contributed by atoms with Gasteiger partial charge in [-0.1, -0.05) is 38.1 Å². The fourth-order valence-corrected chi connectivity index (χ4v) is 9.41. The van der Waals surface area contributed by atoms with Crippen LogP contribution in [-0.2, 0) is 4.74 Å². The van der Waals surface area contributed by atoms with Crippen LogP contribution in [0.2, 0.25) is 0 Å². The number of aromatic amines is 1. The van der Waals surface area contributed by atoms with Crippen molar-refractivity contribution >= 4 is 40.2 Å². The lowest BCUT2D eigenvalue weighted by Gasteiger charge is -2.58. The first-order valence-corrected chi connectivity index (χ1v) is 19.7. The fraction of sp³-hybridized carbons (Fsp3) is 0.512. The smallest absolute Gasteiger partial charge is 0.410 e. The van der Waals surface area contributed by atoms with Crippen molar-refractivity contribution in [2.75, 3.05) is 49.1 Å². The maximum Gasteiger partial charge on any atom is 0.410 e. The maximum atomic E-state index is 14.7. The van der Waals surface area contributed by atoms with Gasteiger partial charge < -0.3 is 34.3 Å². The van der Waals surface area contributed by atoms with Crippen LogP contribution < -0.4 is 14.5 Å². The molecule has 12 heteroatoms. The highest BCUT2D eigenvalue weighted by atomic mass is 19.1. The summed E-state index contributed by atoms with van der Waals surface area (Å²) >= 11 is 0. The Morgan fingerprint density at radius 1 is 1.04 bits per heavy atom. The van der Waals surface area contributed by atoms with Crippen LogP contribution >= 0.6 is 0 Å². The third-order valence-corrected chi connectivity index (χ3v) is 12.2. The molecule has 1 spiro atoms. The molecule has 4 aliphatic rings. The summed E-state index contributed by atoms with van der Waals surface area (Å²) in [5.74, 6) is -0.735. The number of carboxylic acids is 1. The molecule has 4 aromatic rings. The zero-order valence-electron chi connectivity index (χ0n) is 32.8. The number of ether oxygens (including phenoxy) is 2. The summed E-state index contributed by atoms with van der Waals surface area (Å²) in [5, 5.41) is 10.6. The second-order valence-electron chi connectivity index (χ2n) is 17.4. The molecule has 2 saturated heterocycles. The van der Waals surface area contributed by atoms with Gasteiger partial charge in [0.05, 0.1) is 28.7 Å². The number of carbonyl (C=O) groups is 2. The van der Waals surface area contributed by atoms with Gasteiger partial charge in [-0.15, -0.1) is 0 Å². The Labute approximate surface area is 322 Å². The average Bonchev–Trinajstić information content (AvgIpc) is 3.50. The number of halogens is 1. The molecule has 0 unspecified atom stereocenters. The van der Waals surface area contributed by atoms with Gasteiger partial charge in [0.1, 0.15) is 29.4 Å². The SMILES string of the molecule is CC(C)c1ccccc1[C@@H]1CN(C(=O)OC(C)(C)C)CCN1C1CC2(CCN(c3ccc(C(=O)O)c(N4c5cc6c(F)c[nH]c6nc5OC[C@H]4C)c3)CC2)C1. The molecule has 0 bridgehead atoms. The maximum absolute atomic E-state index is 14.7. The first-order valence-electron chi connectivity index (χ1n) is 19.7. The van der Waals surface area contributed by atoms with Crippen LogP contribution in [0.3, 0.4) is 0 Å². The van der Waals surface area contributed by atoms with Gasteiger partial charge in [0.25, 0.3) is 0 Å². The number of piperidine rings is 1. The molecule has 1 aliphatic carbocycles. The number of aromatic nitrogens is 2. The molecule has 3 fully saturated rings. The molecule has 2 atom stereocenters. The molecule has 292 valence electrons. The van der Waals surface area contributed by atoms with Gasteiger partial charge in [-0.05, 0) is 100 Å². The van der Waals surface area contributed by atoms with Crippen LogP contribution in [0.25, 0.3) is 11.0 Å². The number of nitrogens with zero attached hydrogens (tertiary/aromatic N) is 5. The van der Waals surface area contributed by atoms with E-state index in [4.69, 9.17) is 9.47 Å². The molecule has 1 amide bonds. The van der Waals surface area contributed by atoms with Crippen molar-refractivity contribution in [1.29, 1.82) is 0 Å². The molecule has 2 N–H and O–H groups in total. The summed E-state index contributed by atoms with van der Waals surface area (Å²) in [7, 11) is 0. The van der Waals surface area contributed by atoms with E-state index in [-0.39, 0.29) is 29.2 Å². The molecule has 55 heavy (non-hydrogen) atoms. The molecule has 5 heterocycles. The normalized spacial score (nSPS) is 21.8. The zero-order chi connectivity index (χ0) is 38.8. The van der Waals surface area contributed by atoms with Crippen molar-refractivity contribution in [3.8, 4) is 5.88 Å². The Kier molecular flexibility index (Phi) is 9.46. The van der Waals surface area contributed by atoms with E-state index in [1.807, 2.05) is 49.6 Å². The van der Waals surface area contributed by atoms with E-state index in [1.54, 1.807) is 12.1 Å². The molecule has 0 radical (unpaired) electrons. The topological polar surface area (TPSA) is 114 Å². The molecule has 1 saturated carbocycles. The lowest BCUT2D eigenvalue weighted by molar-refractivity contribution is -0.0644.